The molecule has 0 saturated heterocycles. The molecule has 9 nitrogen and oxygen atoms in total. The second-order valence-corrected chi connectivity index (χ2v) is 28.0. The molecule has 0 amide bonds. The Morgan fingerprint density at radius 2 is 0.591 bits per heavy atom. The SMILES string of the molecule is CC/C=C\C/C=C\C/C=C\C/C=C\C/C=C\C/C=C\C/C=C\C/C=C\CCCCCCCCCCCCC(=O)OC(COC(=O)CCCCCCCCCCCCCCCCCCCCCCCCCCCCCCCCCCCCCCC)COP(=O)(O)OCCN. The quantitative estimate of drug-likeness (QED) is 0.0264. The molecule has 0 aromatic rings. The number of carbonyl (C=O) groups is 2. The number of phosphoric ester groups is 1. The molecular formula is C83H150NO8P. The molecule has 540 valence electrons. The van der Waals surface area contributed by atoms with E-state index in [0.29, 0.717) is 6.42 Å². The molecule has 0 heterocycles. The van der Waals surface area contributed by atoms with Gasteiger partial charge in [0, 0.05) is 19.4 Å². The van der Waals surface area contributed by atoms with Crippen LogP contribution in [0.5, 0.6) is 0 Å². The van der Waals surface area contributed by atoms with E-state index in [0.717, 1.165) is 96.3 Å². The average molecular weight is 1320 g/mol. The van der Waals surface area contributed by atoms with Crippen LogP contribution in [0, 0.1) is 0 Å². The highest BCUT2D eigenvalue weighted by molar-refractivity contribution is 7.47. The summed E-state index contributed by atoms with van der Waals surface area (Å²) in [6.07, 6.45) is 107. The summed E-state index contributed by atoms with van der Waals surface area (Å²) in [4.78, 5) is 35.5. The molecule has 93 heavy (non-hydrogen) atoms. The van der Waals surface area contributed by atoms with Crippen LogP contribution in [0.4, 0.5) is 0 Å². The van der Waals surface area contributed by atoms with E-state index in [2.05, 4.69) is 111 Å². The molecule has 0 aromatic carbocycles. The third kappa shape index (κ3) is 77.8. The minimum absolute atomic E-state index is 0.0506. The second kappa shape index (κ2) is 77.9. The van der Waals surface area contributed by atoms with Crippen LogP contribution in [-0.4, -0.2) is 49.3 Å². The Balaban J connectivity index is 3.82. The first-order valence-corrected chi connectivity index (χ1v) is 41.2. The molecule has 0 bridgehead atoms. The van der Waals surface area contributed by atoms with Crippen molar-refractivity contribution in [3.63, 3.8) is 0 Å². The summed E-state index contributed by atoms with van der Waals surface area (Å²) in [5, 5.41) is 0. The number of esters is 2. The highest BCUT2D eigenvalue weighted by Crippen LogP contribution is 2.43. The molecule has 0 spiro atoms. The predicted molar refractivity (Wildman–Crippen MR) is 404 cm³/mol. The zero-order chi connectivity index (χ0) is 67.2. The molecular weight excluding hydrogens is 1170 g/mol. The van der Waals surface area contributed by atoms with Gasteiger partial charge in [-0.05, 0) is 77.0 Å². The van der Waals surface area contributed by atoms with Crippen LogP contribution in [0.2, 0.25) is 0 Å². The van der Waals surface area contributed by atoms with Gasteiger partial charge >= 0.3 is 19.8 Å². The maximum Gasteiger partial charge on any atom is 0.472 e. The number of hydrogen-bond acceptors (Lipinski definition) is 8. The lowest BCUT2D eigenvalue weighted by Crippen LogP contribution is -2.29. The third-order valence-electron chi connectivity index (χ3n) is 17.5. The molecule has 0 aliphatic heterocycles. The van der Waals surface area contributed by atoms with Gasteiger partial charge in [-0.25, -0.2) is 4.57 Å². The van der Waals surface area contributed by atoms with Gasteiger partial charge in [-0.15, -0.1) is 0 Å². The zero-order valence-corrected chi connectivity index (χ0v) is 61.9. The first kappa shape index (κ1) is 89.9. The summed E-state index contributed by atoms with van der Waals surface area (Å²) in [7, 11) is -4.40. The van der Waals surface area contributed by atoms with Gasteiger partial charge in [0.05, 0.1) is 13.2 Å². The van der Waals surface area contributed by atoms with E-state index in [1.54, 1.807) is 0 Å². The van der Waals surface area contributed by atoms with Gasteiger partial charge in [0.1, 0.15) is 6.61 Å². The maximum absolute atomic E-state index is 12.8. The zero-order valence-electron chi connectivity index (χ0n) is 61.0. The number of unbranched alkanes of at least 4 members (excludes halogenated alkanes) is 46. The van der Waals surface area contributed by atoms with Crippen LogP contribution in [-0.2, 0) is 32.7 Å². The number of allylic oxidation sites excluding steroid dienone is 16. The fourth-order valence-corrected chi connectivity index (χ4v) is 12.4. The summed E-state index contributed by atoms with van der Waals surface area (Å²) in [5.41, 5.74) is 5.41. The Hall–Kier alpha value is -3.07. The van der Waals surface area contributed by atoms with Crippen molar-refractivity contribution in [2.75, 3.05) is 26.4 Å². The minimum Gasteiger partial charge on any atom is -0.462 e. The lowest BCUT2D eigenvalue weighted by Gasteiger charge is -2.19. The smallest absolute Gasteiger partial charge is 0.462 e. The Kier molecular flexibility index (Phi) is 75.4. The standard InChI is InChI=1S/C83H150NO8P/c1-3-5-7-9-11-13-15-17-19-21-23-25-27-29-31-33-35-37-39-40-42-43-45-47-49-51-53-55-57-59-61-63-65-67-69-71-73-75-82(85)89-79-81(80-91-93(87,88)90-78-77-84)92-83(86)76-74-72-70-68-66-64-62-60-58-56-54-52-50-48-46-44-41-38-36-34-32-30-28-26-24-22-20-18-16-14-12-10-8-6-4-2/h6,8,12,14,18,20,24,26,30,32,36,38,44,46,50,52,81H,3-5,7,9-11,13,15-17,19,21-23,25,27-29,31,33-35,37,39-43,45,47-49,51,53-80,84H2,1-2H3,(H,87,88)/b8-6-,14-12-,20-18-,26-24-,32-30-,38-36-,46-44-,52-50-. The number of carbonyl (C=O) groups excluding carboxylic acids is 2. The van der Waals surface area contributed by atoms with Crippen molar-refractivity contribution >= 4 is 19.8 Å². The lowest BCUT2D eigenvalue weighted by molar-refractivity contribution is -0.161. The second-order valence-electron chi connectivity index (χ2n) is 26.6. The number of ether oxygens (including phenoxy) is 2. The Labute approximate surface area is 576 Å². The minimum atomic E-state index is -4.40. The Bertz CT molecular complexity index is 1850. The van der Waals surface area contributed by atoms with Crippen LogP contribution in [0.3, 0.4) is 0 Å². The van der Waals surface area contributed by atoms with Crippen LogP contribution < -0.4 is 5.73 Å². The fourth-order valence-electron chi connectivity index (χ4n) is 11.7. The number of rotatable bonds is 75. The third-order valence-corrected chi connectivity index (χ3v) is 18.5. The molecule has 0 aromatic heterocycles. The summed E-state index contributed by atoms with van der Waals surface area (Å²) in [6, 6.07) is 0. The van der Waals surface area contributed by atoms with Gasteiger partial charge in [-0.2, -0.15) is 0 Å². The number of phosphoric acid groups is 1. The molecule has 10 heteroatoms. The molecule has 0 aliphatic carbocycles. The van der Waals surface area contributed by atoms with Gasteiger partial charge in [0.25, 0.3) is 0 Å². The van der Waals surface area contributed by atoms with Crippen molar-refractivity contribution in [3.05, 3.63) is 97.2 Å². The van der Waals surface area contributed by atoms with E-state index in [1.807, 2.05) is 0 Å². The first-order valence-electron chi connectivity index (χ1n) is 39.7. The number of hydrogen-bond donors (Lipinski definition) is 2. The molecule has 0 saturated carbocycles. The summed E-state index contributed by atoms with van der Waals surface area (Å²) >= 11 is 0. The highest BCUT2D eigenvalue weighted by Gasteiger charge is 2.26. The van der Waals surface area contributed by atoms with Crippen molar-refractivity contribution in [2.45, 2.75) is 392 Å². The lowest BCUT2D eigenvalue weighted by atomic mass is 10.0. The normalized spacial score (nSPS) is 13.4. The van der Waals surface area contributed by atoms with Gasteiger partial charge in [-0.1, -0.05) is 394 Å². The topological polar surface area (TPSA) is 134 Å². The predicted octanol–water partition coefficient (Wildman–Crippen LogP) is 26.6. The van der Waals surface area contributed by atoms with Crippen molar-refractivity contribution in [3.8, 4) is 0 Å². The number of nitrogens with two attached hydrogens (primary N) is 1. The summed E-state index contributed by atoms with van der Waals surface area (Å²) < 4.78 is 33.3. The van der Waals surface area contributed by atoms with Crippen LogP contribution in [0.25, 0.3) is 0 Å². The van der Waals surface area contributed by atoms with Gasteiger partial charge in [-0.3, -0.25) is 18.6 Å². The van der Waals surface area contributed by atoms with Crippen LogP contribution >= 0.6 is 7.82 Å². The first-order chi connectivity index (χ1) is 45.8. The highest BCUT2D eigenvalue weighted by atomic mass is 31.2. The van der Waals surface area contributed by atoms with E-state index in [9.17, 15) is 19.0 Å². The van der Waals surface area contributed by atoms with E-state index in [4.69, 9.17) is 24.3 Å². The van der Waals surface area contributed by atoms with Crippen molar-refractivity contribution in [2.24, 2.45) is 5.73 Å². The van der Waals surface area contributed by atoms with Gasteiger partial charge in [0.2, 0.25) is 0 Å². The Morgan fingerprint density at radius 3 is 0.882 bits per heavy atom. The van der Waals surface area contributed by atoms with Crippen molar-refractivity contribution < 1.29 is 37.6 Å². The van der Waals surface area contributed by atoms with E-state index < -0.39 is 26.5 Å². The molecule has 0 radical (unpaired) electrons. The van der Waals surface area contributed by atoms with Gasteiger partial charge < -0.3 is 20.1 Å². The molecule has 2 atom stereocenters. The van der Waals surface area contributed by atoms with E-state index in [-0.39, 0.29) is 38.6 Å². The van der Waals surface area contributed by atoms with Crippen molar-refractivity contribution in [1.82, 2.24) is 0 Å². The van der Waals surface area contributed by atoms with Crippen molar-refractivity contribution in [1.29, 1.82) is 0 Å². The maximum atomic E-state index is 12.8. The largest absolute Gasteiger partial charge is 0.472 e. The molecule has 0 aliphatic rings. The van der Waals surface area contributed by atoms with E-state index in [1.165, 1.54) is 257 Å². The monoisotopic (exact) mass is 1320 g/mol. The van der Waals surface area contributed by atoms with Crippen LogP contribution in [0.1, 0.15) is 386 Å². The molecule has 3 N–H and O–H groups in total. The average Bonchev–Trinajstić information content (AvgIpc) is 3.70. The summed E-state index contributed by atoms with van der Waals surface area (Å²) in [6.45, 7) is 3.68. The molecule has 2 unspecified atom stereocenters. The molecule has 0 rings (SSSR count). The van der Waals surface area contributed by atoms with Gasteiger partial charge in [0.15, 0.2) is 6.10 Å². The fraction of sp³-hybridized carbons (Fsp3) is 0.783. The van der Waals surface area contributed by atoms with Crippen LogP contribution in [0.15, 0.2) is 97.2 Å². The molecule has 0 fully saturated rings. The summed E-state index contributed by atoms with van der Waals surface area (Å²) in [5.74, 6) is -0.820. The van der Waals surface area contributed by atoms with E-state index >= 15 is 0 Å². The Morgan fingerprint density at radius 1 is 0.333 bits per heavy atom.